The molecular formula is C11H9BrO3S. The van der Waals surface area contributed by atoms with Crippen LogP contribution in [0.1, 0.15) is 16.7 Å². The Kier molecular flexibility index (Phi) is 1.53. The molecule has 0 N–H and O–H groups in total. The average Bonchev–Trinajstić information content (AvgIpc) is 2.37. The van der Waals surface area contributed by atoms with Crippen LogP contribution < -0.4 is 0 Å². The van der Waals surface area contributed by atoms with E-state index >= 15 is 0 Å². The van der Waals surface area contributed by atoms with Crippen molar-refractivity contribution in [2.24, 2.45) is 5.41 Å². The molecule has 0 aromatic heterocycles. The highest BCUT2D eigenvalue weighted by Gasteiger charge is 2.49. The third-order valence-electron chi connectivity index (χ3n) is 3.97. The molecule has 1 unspecified atom stereocenters. The topological polar surface area (TPSA) is 43.4 Å². The Hall–Kier alpha value is -0.390. The van der Waals surface area contributed by atoms with E-state index in [1.165, 1.54) is 5.56 Å². The zero-order chi connectivity index (χ0) is 11.1. The maximum atomic E-state index is 11.9. The Bertz CT molecular complexity index is 631. The Morgan fingerprint density at radius 1 is 1.25 bits per heavy atom. The van der Waals surface area contributed by atoms with Crippen LogP contribution >= 0.6 is 15.9 Å². The number of fused-ring (bicyclic) bond motifs is 1. The van der Waals surface area contributed by atoms with Crippen molar-refractivity contribution in [2.45, 2.75) is 24.2 Å². The molecule has 0 saturated carbocycles. The summed E-state index contributed by atoms with van der Waals surface area (Å²) >= 11 is 3.58. The van der Waals surface area contributed by atoms with Crippen molar-refractivity contribution in [1.82, 2.24) is 0 Å². The van der Waals surface area contributed by atoms with E-state index < -0.39 is 10.1 Å². The van der Waals surface area contributed by atoms with Gasteiger partial charge in [-0.2, -0.15) is 8.42 Å². The van der Waals surface area contributed by atoms with Crippen molar-refractivity contribution in [3.63, 3.8) is 0 Å². The molecule has 84 valence electrons. The summed E-state index contributed by atoms with van der Waals surface area (Å²) < 4.78 is 30.1. The molecule has 1 atom stereocenters. The molecule has 0 amide bonds. The number of rotatable bonds is 0. The Balaban J connectivity index is 2.21. The average molecular weight is 301 g/mol. The number of hydrogen-bond donors (Lipinski definition) is 0. The normalized spacial score (nSPS) is 32.1. The minimum atomic E-state index is -3.51. The second-order valence-corrected chi connectivity index (χ2v) is 7.43. The van der Waals surface area contributed by atoms with Gasteiger partial charge in [0.2, 0.25) is 0 Å². The van der Waals surface area contributed by atoms with Crippen LogP contribution in [-0.2, 0) is 33.6 Å². The van der Waals surface area contributed by atoms with Crippen LogP contribution in [0.25, 0.3) is 0 Å². The molecule has 0 saturated heterocycles. The molecular weight excluding hydrogens is 292 g/mol. The summed E-state index contributed by atoms with van der Waals surface area (Å²) in [6.07, 6.45) is 2.74. The van der Waals surface area contributed by atoms with E-state index in [0.29, 0.717) is 11.5 Å². The van der Waals surface area contributed by atoms with Gasteiger partial charge in [-0.3, -0.25) is 4.18 Å². The summed E-state index contributed by atoms with van der Waals surface area (Å²) in [5, 5.41) is 0. The lowest BCUT2D eigenvalue weighted by molar-refractivity contribution is 0.158. The van der Waals surface area contributed by atoms with Gasteiger partial charge in [0.25, 0.3) is 10.1 Å². The van der Waals surface area contributed by atoms with Gasteiger partial charge in [-0.15, -0.1) is 0 Å². The Morgan fingerprint density at radius 3 is 2.81 bits per heavy atom. The second-order valence-electron chi connectivity index (χ2n) is 5.05. The first-order chi connectivity index (χ1) is 7.51. The molecule has 1 aromatic carbocycles. The highest BCUT2D eigenvalue weighted by atomic mass is 79.9. The smallest absolute Gasteiger partial charge is 0.266 e. The van der Waals surface area contributed by atoms with E-state index in [1.807, 2.05) is 0 Å². The molecule has 4 rings (SSSR count). The SMILES string of the molecule is O=S1(=O)OCC23Cc4cc1c(c(c4Br)C2)C3. The summed E-state index contributed by atoms with van der Waals surface area (Å²) in [6, 6.07) is 1.79. The molecule has 1 spiro atoms. The largest absolute Gasteiger partial charge is 0.297 e. The molecule has 3 aliphatic rings. The predicted octanol–water partition coefficient (Wildman–Crippen LogP) is 1.81. The summed E-state index contributed by atoms with van der Waals surface area (Å²) in [4.78, 5) is 0.414. The lowest BCUT2D eigenvalue weighted by Gasteiger charge is -2.32. The third-order valence-corrected chi connectivity index (χ3v) is 6.29. The van der Waals surface area contributed by atoms with Crippen LogP contribution in [0, 0.1) is 5.41 Å². The molecule has 2 aliphatic carbocycles. The van der Waals surface area contributed by atoms with E-state index in [4.69, 9.17) is 4.18 Å². The van der Waals surface area contributed by atoms with E-state index in [-0.39, 0.29) is 5.41 Å². The zero-order valence-electron chi connectivity index (χ0n) is 8.42. The standard InChI is InChI=1S/C11H9BrO3S/c12-10-6-1-9-7-3-11(2-6,4-8(7)10)5-15-16(9,13)14/h1H,2-5H2. The quantitative estimate of drug-likeness (QED) is 0.686. The number of halogens is 1. The highest BCUT2D eigenvalue weighted by molar-refractivity contribution is 9.10. The van der Waals surface area contributed by atoms with Gasteiger partial charge in [0.15, 0.2) is 0 Å². The first-order valence-corrected chi connectivity index (χ1v) is 7.44. The van der Waals surface area contributed by atoms with E-state index in [2.05, 4.69) is 15.9 Å². The predicted molar refractivity (Wildman–Crippen MR) is 60.8 cm³/mol. The van der Waals surface area contributed by atoms with Crippen LogP contribution in [0.5, 0.6) is 0 Å². The van der Waals surface area contributed by atoms with Crippen molar-refractivity contribution in [3.05, 3.63) is 27.2 Å². The number of benzene rings is 1. The second kappa shape index (κ2) is 2.54. The van der Waals surface area contributed by atoms with Gasteiger partial charge in [-0.25, -0.2) is 0 Å². The first-order valence-electron chi connectivity index (χ1n) is 5.23. The summed E-state index contributed by atoms with van der Waals surface area (Å²) in [5.41, 5.74) is 3.33. The van der Waals surface area contributed by atoms with Gasteiger partial charge in [0, 0.05) is 9.89 Å². The monoisotopic (exact) mass is 300 g/mol. The maximum Gasteiger partial charge on any atom is 0.297 e. The van der Waals surface area contributed by atoms with Gasteiger partial charge in [0.1, 0.15) is 0 Å². The lowest BCUT2D eigenvalue weighted by atomic mass is 9.78. The molecule has 4 bridgehead atoms. The van der Waals surface area contributed by atoms with Gasteiger partial charge < -0.3 is 0 Å². The van der Waals surface area contributed by atoms with Crippen molar-refractivity contribution < 1.29 is 12.6 Å². The fourth-order valence-electron chi connectivity index (χ4n) is 3.27. The molecule has 5 heteroatoms. The van der Waals surface area contributed by atoms with Crippen LogP contribution in [-0.4, -0.2) is 15.0 Å². The molecule has 0 fully saturated rings. The fraction of sp³-hybridized carbons (Fsp3) is 0.455. The summed E-state index contributed by atoms with van der Waals surface area (Å²) in [6.45, 7) is 0.337. The summed E-state index contributed by atoms with van der Waals surface area (Å²) in [5.74, 6) is 0. The maximum absolute atomic E-state index is 11.9. The molecule has 3 nitrogen and oxygen atoms in total. The van der Waals surface area contributed by atoms with E-state index in [1.54, 1.807) is 6.07 Å². The van der Waals surface area contributed by atoms with Crippen LogP contribution in [0.15, 0.2) is 15.4 Å². The van der Waals surface area contributed by atoms with Crippen molar-refractivity contribution in [1.29, 1.82) is 0 Å². The molecule has 1 aromatic rings. The van der Waals surface area contributed by atoms with Crippen LogP contribution in [0.2, 0.25) is 0 Å². The van der Waals surface area contributed by atoms with Gasteiger partial charge in [-0.05, 0) is 42.0 Å². The number of hydrogen-bond acceptors (Lipinski definition) is 3. The van der Waals surface area contributed by atoms with Crippen molar-refractivity contribution in [3.8, 4) is 0 Å². The summed E-state index contributed by atoms with van der Waals surface area (Å²) in [7, 11) is -3.51. The molecule has 0 radical (unpaired) electrons. The minimum Gasteiger partial charge on any atom is -0.266 e. The Morgan fingerprint density at radius 2 is 2.00 bits per heavy atom. The van der Waals surface area contributed by atoms with Gasteiger partial charge >= 0.3 is 0 Å². The van der Waals surface area contributed by atoms with Crippen LogP contribution in [0.3, 0.4) is 0 Å². The van der Waals surface area contributed by atoms with Crippen molar-refractivity contribution in [2.75, 3.05) is 6.61 Å². The van der Waals surface area contributed by atoms with Gasteiger partial charge in [-0.1, -0.05) is 15.9 Å². The van der Waals surface area contributed by atoms with Crippen LogP contribution in [0.4, 0.5) is 0 Å². The molecule has 16 heavy (non-hydrogen) atoms. The molecule has 1 aliphatic heterocycles. The highest BCUT2D eigenvalue weighted by Crippen LogP contribution is 2.53. The lowest BCUT2D eigenvalue weighted by Crippen LogP contribution is -2.33. The van der Waals surface area contributed by atoms with E-state index in [0.717, 1.165) is 34.9 Å². The fourth-order valence-corrected chi connectivity index (χ4v) is 5.22. The third kappa shape index (κ3) is 0.955. The van der Waals surface area contributed by atoms with Gasteiger partial charge in [0.05, 0.1) is 11.5 Å². The Labute approximate surface area is 102 Å². The zero-order valence-corrected chi connectivity index (χ0v) is 10.8. The molecule has 1 heterocycles. The first kappa shape index (κ1) is 9.62. The van der Waals surface area contributed by atoms with E-state index in [9.17, 15) is 8.42 Å². The van der Waals surface area contributed by atoms with Crippen molar-refractivity contribution >= 4 is 26.0 Å². The minimum absolute atomic E-state index is 0.0130.